The molecular weight excluding hydrogens is 465 g/mol. The monoisotopic (exact) mass is 479 g/mol. The lowest BCUT2D eigenvalue weighted by atomic mass is 10.3. The summed E-state index contributed by atoms with van der Waals surface area (Å²) >= 11 is 11.9. The fourth-order valence-corrected chi connectivity index (χ4v) is 6.67. The van der Waals surface area contributed by atoms with Gasteiger partial charge in [-0.3, -0.25) is 10.1 Å². The van der Waals surface area contributed by atoms with Crippen molar-refractivity contribution in [2.24, 2.45) is 0 Å². The van der Waals surface area contributed by atoms with E-state index in [4.69, 9.17) is 23.2 Å². The van der Waals surface area contributed by atoms with Crippen LogP contribution in [0.1, 0.15) is 0 Å². The van der Waals surface area contributed by atoms with Crippen LogP contribution in [0.25, 0.3) is 0 Å². The summed E-state index contributed by atoms with van der Waals surface area (Å²) in [5, 5.41) is 11.4. The number of benzene rings is 2. The molecule has 1 fully saturated rings. The van der Waals surface area contributed by atoms with Crippen LogP contribution in [0.3, 0.4) is 0 Å². The van der Waals surface area contributed by atoms with Crippen LogP contribution in [0.2, 0.25) is 10.0 Å². The third kappa shape index (κ3) is 4.25. The Bertz CT molecular complexity index is 1160. The predicted molar refractivity (Wildman–Crippen MR) is 107 cm³/mol. The van der Waals surface area contributed by atoms with Crippen molar-refractivity contribution in [2.45, 2.75) is 9.79 Å². The summed E-state index contributed by atoms with van der Waals surface area (Å²) in [6, 6.07) is 9.08. The van der Waals surface area contributed by atoms with Gasteiger partial charge in [0.2, 0.25) is 20.0 Å². The summed E-state index contributed by atoms with van der Waals surface area (Å²) in [6.07, 6.45) is 0. The van der Waals surface area contributed by atoms with Crippen molar-refractivity contribution in [1.29, 1.82) is 0 Å². The molecule has 9 nitrogen and oxygen atoms in total. The first kappa shape index (κ1) is 21.9. The van der Waals surface area contributed by atoms with Crippen LogP contribution in [-0.4, -0.2) is 56.5 Å². The number of rotatable bonds is 5. The number of hydrogen-bond donors (Lipinski definition) is 0. The predicted octanol–water partition coefficient (Wildman–Crippen LogP) is 2.60. The second-order valence-electron chi connectivity index (χ2n) is 6.11. The molecule has 0 aliphatic carbocycles. The molecule has 0 atom stereocenters. The molecule has 0 aromatic heterocycles. The number of nitrogens with zero attached hydrogens (tertiary/aromatic N) is 3. The lowest BCUT2D eigenvalue weighted by Gasteiger charge is -2.33. The Labute approximate surface area is 177 Å². The van der Waals surface area contributed by atoms with E-state index < -0.39 is 35.6 Å². The van der Waals surface area contributed by atoms with E-state index in [2.05, 4.69) is 0 Å². The highest BCUT2D eigenvalue weighted by atomic mass is 35.5. The van der Waals surface area contributed by atoms with Crippen molar-refractivity contribution in [3.8, 4) is 0 Å². The van der Waals surface area contributed by atoms with Crippen LogP contribution in [0.15, 0.2) is 52.3 Å². The number of piperazine rings is 1. The van der Waals surface area contributed by atoms with Gasteiger partial charge < -0.3 is 0 Å². The smallest absolute Gasteiger partial charge is 0.258 e. The zero-order valence-corrected chi connectivity index (χ0v) is 17.9. The Hall–Kier alpha value is -1.76. The van der Waals surface area contributed by atoms with Gasteiger partial charge in [-0.05, 0) is 24.3 Å². The Morgan fingerprint density at radius 2 is 1.34 bits per heavy atom. The Morgan fingerprint density at radius 3 is 1.90 bits per heavy atom. The van der Waals surface area contributed by atoms with E-state index in [1.807, 2.05) is 0 Å². The third-order valence-corrected chi connectivity index (χ3v) is 8.95. The van der Waals surface area contributed by atoms with Gasteiger partial charge in [-0.1, -0.05) is 35.3 Å². The van der Waals surface area contributed by atoms with Crippen LogP contribution in [0.5, 0.6) is 0 Å². The van der Waals surface area contributed by atoms with Gasteiger partial charge in [0.05, 0.1) is 9.95 Å². The van der Waals surface area contributed by atoms with Crippen LogP contribution in [-0.2, 0) is 20.0 Å². The highest BCUT2D eigenvalue weighted by Gasteiger charge is 2.37. The van der Waals surface area contributed by atoms with Crippen molar-refractivity contribution in [1.82, 2.24) is 8.61 Å². The number of para-hydroxylation sites is 1. The fourth-order valence-electron chi connectivity index (χ4n) is 2.93. The van der Waals surface area contributed by atoms with Crippen molar-refractivity contribution in [2.75, 3.05) is 26.2 Å². The van der Waals surface area contributed by atoms with Gasteiger partial charge in [0.25, 0.3) is 5.69 Å². The summed E-state index contributed by atoms with van der Waals surface area (Å²) in [4.78, 5) is 9.80. The largest absolute Gasteiger partial charge is 0.289 e. The Kier molecular flexibility index (Phi) is 6.18. The van der Waals surface area contributed by atoms with E-state index in [1.54, 1.807) is 0 Å². The molecule has 0 spiro atoms. The van der Waals surface area contributed by atoms with Gasteiger partial charge in [0.1, 0.15) is 4.90 Å². The van der Waals surface area contributed by atoms with Gasteiger partial charge >= 0.3 is 0 Å². The minimum absolute atomic E-state index is 0.00404. The van der Waals surface area contributed by atoms with Gasteiger partial charge in [-0.15, -0.1) is 0 Å². The first-order chi connectivity index (χ1) is 13.5. The molecule has 1 saturated heterocycles. The highest BCUT2D eigenvalue weighted by Crippen LogP contribution is 2.30. The molecule has 0 unspecified atom stereocenters. The van der Waals surface area contributed by atoms with Gasteiger partial charge in [0, 0.05) is 37.3 Å². The molecule has 2 aromatic carbocycles. The summed E-state index contributed by atoms with van der Waals surface area (Å²) in [5.41, 5.74) is -0.534. The maximum absolute atomic E-state index is 12.9. The average molecular weight is 480 g/mol. The van der Waals surface area contributed by atoms with E-state index in [0.717, 1.165) is 20.7 Å². The quantitative estimate of drug-likeness (QED) is 0.480. The number of hydrogen-bond acceptors (Lipinski definition) is 6. The summed E-state index contributed by atoms with van der Waals surface area (Å²) < 4.78 is 53.6. The molecule has 156 valence electrons. The highest BCUT2D eigenvalue weighted by molar-refractivity contribution is 7.89. The Balaban J connectivity index is 1.84. The normalized spacial score (nSPS) is 16.6. The van der Waals surface area contributed by atoms with E-state index in [0.29, 0.717) is 0 Å². The molecule has 0 bridgehead atoms. The molecule has 0 amide bonds. The molecule has 29 heavy (non-hydrogen) atoms. The summed E-state index contributed by atoms with van der Waals surface area (Å²) in [6.45, 7) is -0.590. The lowest BCUT2D eigenvalue weighted by molar-refractivity contribution is -0.387. The molecule has 1 aliphatic heterocycles. The van der Waals surface area contributed by atoms with Crippen LogP contribution in [0, 0.1) is 10.1 Å². The molecule has 2 aromatic rings. The van der Waals surface area contributed by atoms with E-state index in [9.17, 15) is 26.9 Å². The Morgan fingerprint density at radius 1 is 0.828 bits per heavy atom. The van der Waals surface area contributed by atoms with Crippen molar-refractivity contribution in [3.05, 3.63) is 62.6 Å². The molecule has 1 heterocycles. The average Bonchev–Trinajstić information content (AvgIpc) is 2.69. The van der Waals surface area contributed by atoms with Gasteiger partial charge in [-0.25, -0.2) is 16.8 Å². The lowest BCUT2D eigenvalue weighted by Crippen LogP contribution is -2.50. The first-order valence-electron chi connectivity index (χ1n) is 8.24. The van der Waals surface area contributed by atoms with Gasteiger partial charge in [-0.2, -0.15) is 8.61 Å². The first-order valence-corrected chi connectivity index (χ1v) is 11.9. The molecule has 0 radical (unpaired) electrons. The molecule has 13 heteroatoms. The number of sulfonamides is 2. The van der Waals surface area contributed by atoms with Crippen molar-refractivity contribution >= 4 is 48.9 Å². The standard InChI is InChI=1S/C16H15Cl2N3O6S2/c17-12-5-6-13(18)16(11-12)29(26,27)20-9-7-19(8-10-20)28(24,25)15-4-2-1-3-14(15)21(22)23/h1-6,11H,7-10H2. The fraction of sp³-hybridized carbons (Fsp3) is 0.250. The number of nitro groups is 1. The van der Waals surface area contributed by atoms with Crippen LogP contribution >= 0.6 is 23.2 Å². The topological polar surface area (TPSA) is 118 Å². The summed E-state index contributed by atoms with van der Waals surface area (Å²) in [7, 11) is -8.15. The number of nitro benzene ring substituents is 1. The van der Waals surface area contributed by atoms with Gasteiger partial charge in [0.15, 0.2) is 4.90 Å². The summed E-state index contributed by atoms with van der Waals surface area (Å²) in [5.74, 6) is 0. The zero-order chi connectivity index (χ0) is 21.4. The SMILES string of the molecule is O=[N+]([O-])c1ccccc1S(=O)(=O)N1CCN(S(=O)(=O)c2cc(Cl)ccc2Cl)CC1. The van der Waals surface area contributed by atoms with Crippen LogP contribution < -0.4 is 0 Å². The molecule has 3 rings (SSSR count). The van der Waals surface area contributed by atoms with Crippen LogP contribution in [0.4, 0.5) is 5.69 Å². The molecule has 1 aliphatic rings. The maximum atomic E-state index is 12.9. The van der Waals surface area contributed by atoms with E-state index in [-0.39, 0.29) is 41.1 Å². The third-order valence-electron chi connectivity index (χ3n) is 4.39. The second kappa shape index (κ2) is 8.17. The van der Waals surface area contributed by atoms with Crippen molar-refractivity contribution in [3.63, 3.8) is 0 Å². The maximum Gasteiger partial charge on any atom is 0.289 e. The number of halogens is 2. The molecule has 0 saturated carbocycles. The minimum atomic E-state index is -4.16. The second-order valence-corrected chi connectivity index (χ2v) is 10.8. The molecule has 0 N–H and O–H groups in total. The van der Waals surface area contributed by atoms with Crippen molar-refractivity contribution < 1.29 is 21.8 Å². The molecular formula is C16H15Cl2N3O6S2. The minimum Gasteiger partial charge on any atom is -0.258 e. The van der Waals surface area contributed by atoms with E-state index >= 15 is 0 Å². The van der Waals surface area contributed by atoms with E-state index in [1.165, 1.54) is 30.3 Å². The zero-order valence-electron chi connectivity index (χ0n) is 14.7.